The van der Waals surface area contributed by atoms with Crippen LogP contribution < -0.4 is 5.73 Å². The maximum absolute atomic E-state index is 12.9. The van der Waals surface area contributed by atoms with Crippen LogP contribution in [0.1, 0.15) is 42.0 Å². The highest BCUT2D eigenvalue weighted by Gasteiger charge is 2.39. The first kappa shape index (κ1) is 18.1. The van der Waals surface area contributed by atoms with Crippen molar-refractivity contribution in [3.8, 4) is 0 Å². The Hall–Kier alpha value is -0.950. The first-order chi connectivity index (χ1) is 9.10. The Kier molecular flexibility index (Phi) is 5.21. The average molecular weight is 334 g/mol. The second-order valence-corrected chi connectivity index (χ2v) is 5.01. The Balaban J connectivity index is 0.00000220. The Morgan fingerprint density at radius 1 is 1.00 bits per heavy atom. The zero-order valence-electron chi connectivity index (χ0n) is 10.8. The predicted octanol–water partition coefficient (Wildman–Crippen LogP) is 4.95. The molecular formula is C13H14ClF6N. The van der Waals surface area contributed by atoms with Gasteiger partial charge < -0.3 is 5.73 Å². The summed E-state index contributed by atoms with van der Waals surface area (Å²) in [5, 5.41) is 0. The van der Waals surface area contributed by atoms with Gasteiger partial charge in [-0.1, -0.05) is 6.42 Å². The van der Waals surface area contributed by atoms with Crippen molar-refractivity contribution in [2.45, 2.75) is 37.7 Å². The van der Waals surface area contributed by atoms with E-state index in [0.29, 0.717) is 31.0 Å². The van der Waals surface area contributed by atoms with E-state index in [1.807, 2.05) is 0 Å². The zero-order valence-corrected chi connectivity index (χ0v) is 11.6. The third kappa shape index (κ3) is 3.83. The van der Waals surface area contributed by atoms with Crippen molar-refractivity contribution < 1.29 is 26.3 Å². The van der Waals surface area contributed by atoms with E-state index in [-0.39, 0.29) is 18.3 Å². The molecule has 1 fully saturated rings. The molecule has 120 valence electrons. The van der Waals surface area contributed by atoms with E-state index in [1.165, 1.54) is 0 Å². The van der Waals surface area contributed by atoms with Gasteiger partial charge in [-0.05, 0) is 42.5 Å². The molecule has 1 atom stereocenters. The van der Waals surface area contributed by atoms with E-state index in [0.717, 1.165) is 6.42 Å². The van der Waals surface area contributed by atoms with Crippen LogP contribution in [0.15, 0.2) is 18.2 Å². The van der Waals surface area contributed by atoms with Gasteiger partial charge in [0, 0.05) is 6.04 Å². The Morgan fingerprint density at radius 3 is 1.95 bits per heavy atom. The molecule has 1 aromatic carbocycles. The highest BCUT2D eigenvalue weighted by atomic mass is 35.5. The van der Waals surface area contributed by atoms with Gasteiger partial charge in [-0.15, -0.1) is 12.4 Å². The van der Waals surface area contributed by atoms with Gasteiger partial charge in [0.2, 0.25) is 0 Å². The Morgan fingerprint density at radius 2 is 1.57 bits per heavy atom. The van der Waals surface area contributed by atoms with Crippen LogP contribution in [0.4, 0.5) is 26.3 Å². The molecule has 0 unspecified atom stereocenters. The molecule has 0 bridgehead atoms. The van der Waals surface area contributed by atoms with E-state index < -0.39 is 35.1 Å². The lowest BCUT2D eigenvalue weighted by Gasteiger charge is -2.33. The van der Waals surface area contributed by atoms with Gasteiger partial charge in [-0.25, -0.2) is 0 Å². The number of benzene rings is 1. The van der Waals surface area contributed by atoms with Crippen LogP contribution in [0.5, 0.6) is 0 Å². The molecule has 1 aliphatic rings. The lowest BCUT2D eigenvalue weighted by atomic mass is 9.76. The molecule has 1 saturated carbocycles. The molecule has 1 nitrogen and oxygen atoms in total. The molecule has 8 heteroatoms. The lowest BCUT2D eigenvalue weighted by molar-refractivity contribution is -0.142. The highest BCUT2D eigenvalue weighted by Crippen LogP contribution is 2.43. The molecule has 0 spiro atoms. The van der Waals surface area contributed by atoms with Crippen molar-refractivity contribution >= 4 is 12.4 Å². The van der Waals surface area contributed by atoms with E-state index >= 15 is 0 Å². The number of hydrogen-bond acceptors (Lipinski definition) is 1. The van der Waals surface area contributed by atoms with Gasteiger partial charge >= 0.3 is 12.4 Å². The van der Waals surface area contributed by atoms with Crippen molar-refractivity contribution in [3.63, 3.8) is 0 Å². The predicted molar refractivity (Wildman–Crippen MR) is 68.0 cm³/mol. The zero-order chi connectivity index (χ0) is 15.1. The van der Waals surface area contributed by atoms with Gasteiger partial charge in [0.1, 0.15) is 0 Å². The van der Waals surface area contributed by atoms with Crippen LogP contribution in [-0.4, -0.2) is 0 Å². The smallest absolute Gasteiger partial charge is 0.324 e. The summed E-state index contributed by atoms with van der Waals surface area (Å²) in [4.78, 5) is 0. The SMILES string of the molecule is Cl.N[C@@H](c1cc(C(F)(F)F)ccc1C(F)(F)F)C1CCC1. The topological polar surface area (TPSA) is 26.0 Å². The summed E-state index contributed by atoms with van der Waals surface area (Å²) in [6, 6.07) is 0.435. The molecule has 2 rings (SSSR count). The van der Waals surface area contributed by atoms with E-state index in [1.54, 1.807) is 0 Å². The van der Waals surface area contributed by atoms with Gasteiger partial charge in [0.25, 0.3) is 0 Å². The number of halogens is 7. The van der Waals surface area contributed by atoms with Gasteiger partial charge in [0.05, 0.1) is 11.1 Å². The average Bonchev–Trinajstić information content (AvgIpc) is 2.23. The minimum absolute atomic E-state index is 0. The molecule has 0 heterocycles. The fourth-order valence-electron chi connectivity index (χ4n) is 2.33. The van der Waals surface area contributed by atoms with Crippen molar-refractivity contribution in [2.24, 2.45) is 11.7 Å². The summed E-state index contributed by atoms with van der Waals surface area (Å²) in [7, 11) is 0. The minimum Gasteiger partial charge on any atom is -0.324 e. The molecular weight excluding hydrogens is 320 g/mol. The summed E-state index contributed by atoms with van der Waals surface area (Å²) >= 11 is 0. The number of alkyl halides is 6. The van der Waals surface area contributed by atoms with E-state index in [4.69, 9.17) is 5.73 Å². The maximum atomic E-state index is 12.9. The summed E-state index contributed by atoms with van der Waals surface area (Å²) in [5.41, 5.74) is 3.10. The molecule has 0 aromatic heterocycles. The second kappa shape index (κ2) is 6.04. The molecule has 21 heavy (non-hydrogen) atoms. The van der Waals surface area contributed by atoms with Crippen LogP contribution in [0.3, 0.4) is 0 Å². The summed E-state index contributed by atoms with van der Waals surface area (Å²) in [5.74, 6) is -0.181. The monoisotopic (exact) mass is 333 g/mol. The first-order valence-corrected chi connectivity index (χ1v) is 6.14. The molecule has 0 amide bonds. The van der Waals surface area contributed by atoms with E-state index in [2.05, 4.69) is 0 Å². The fourth-order valence-corrected chi connectivity index (χ4v) is 2.33. The molecule has 0 saturated heterocycles. The van der Waals surface area contributed by atoms with Crippen molar-refractivity contribution in [3.05, 3.63) is 34.9 Å². The number of rotatable bonds is 2. The lowest BCUT2D eigenvalue weighted by Crippen LogP contribution is -2.29. The molecule has 0 aliphatic heterocycles. The van der Waals surface area contributed by atoms with Crippen LogP contribution in [0, 0.1) is 5.92 Å². The van der Waals surface area contributed by atoms with Crippen LogP contribution in [0.25, 0.3) is 0 Å². The van der Waals surface area contributed by atoms with E-state index in [9.17, 15) is 26.3 Å². The molecule has 1 aromatic rings. The van der Waals surface area contributed by atoms with Crippen LogP contribution in [0.2, 0.25) is 0 Å². The maximum Gasteiger partial charge on any atom is 0.416 e. The number of nitrogens with two attached hydrogens (primary N) is 1. The minimum atomic E-state index is -4.71. The van der Waals surface area contributed by atoms with Crippen molar-refractivity contribution in [1.29, 1.82) is 0 Å². The summed E-state index contributed by atoms with van der Waals surface area (Å²) < 4.78 is 76.6. The third-order valence-corrected chi connectivity index (χ3v) is 3.70. The Labute approximate surface area is 123 Å². The molecule has 2 N–H and O–H groups in total. The largest absolute Gasteiger partial charge is 0.416 e. The first-order valence-electron chi connectivity index (χ1n) is 6.14. The number of hydrogen-bond donors (Lipinski definition) is 1. The molecule has 1 aliphatic carbocycles. The van der Waals surface area contributed by atoms with Gasteiger partial charge in [-0.2, -0.15) is 26.3 Å². The van der Waals surface area contributed by atoms with Crippen LogP contribution in [-0.2, 0) is 12.4 Å². The Bertz CT molecular complexity index is 492. The molecule has 0 radical (unpaired) electrons. The van der Waals surface area contributed by atoms with Crippen LogP contribution >= 0.6 is 12.4 Å². The standard InChI is InChI=1S/C13H13F6N.ClH/c14-12(15,16)8-4-5-10(13(17,18)19)9(6-8)11(20)7-2-1-3-7;/h4-7,11H,1-3,20H2;1H/t11-;/m1./s1. The normalized spacial score (nSPS) is 17.9. The third-order valence-electron chi connectivity index (χ3n) is 3.70. The van der Waals surface area contributed by atoms with Gasteiger partial charge in [-0.3, -0.25) is 0 Å². The second-order valence-electron chi connectivity index (χ2n) is 5.01. The fraction of sp³-hybridized carbons (Fsp3) is 0.538. The summed E-state index contributed by atoms with van der Waals surface area (Å²) in [6.07, 6.45) is -7.25. The van der Waals surface area contributed by atoms with Gasteiger partial charge in [0.15, 0.2) is 0 Å². The quantitative estimate of drug-likeness (QED) is 0.762. The highest BCUT2D eigenvalue weighted by molar-refractivity contribution is 5.85. The van der Waals surface area contributed by atoms with Crippen molar-refractivity contribution in [1.82, 2.24) is 0 Å². The van der Waals surface area contributed by atoms with Crippen molar-refractivity contribution in [2.75, 3.05) is 0 Å². The summed E-state index contributed by atoms with van der Waals surface area (Å²) in [6.45, 7) is 0.